The van der Waals surface area contributed by atoms with Crippen LogP contribution < -0.4 is 10.5 Å². The van der Waals surface area contributed by atoms with Crippen LogP contribution in [0.5, 0.6) is 5.75 Å². The largest absolute Gasteiger partial charge is 0.573 e. The van der Waals surface area contributed by atoms with Gasteiger partial charge in [-0.15, -0.1) is 13.2 Å². The molecular formula is C28H33F3N4O2. The van der Waals surface area contributed by atoms with E-state index in [4.69, 9.17) is 20.5 Å². The number of rotatable bonds is 5. The highest BCUT2D eigenvalue weighted by atomic mass is 19.4. The van der Waals surface area contributed by atoms with Crippen molar-refractivity contribution >= 4 is 11.8 Å². The van der Waals surface area contributed by atoms with E-state index in [0.717, 1.165) is 55.5 Å². The van der Waals surface area contributed by atoms with E-state index >= 15 is 0 Å². The van der Waals surface area contributed by atoms with Gasteiger partial charge in [-0.3, -0.25) is 9.89 Å². The number of methoxy groups -OCH3 is 1. The smallest absolute Gasteiger partial charge is 0.406 e. The van der Waals surface area contributed by atoms with Gasteiger partial charge in [-0.25, -0.2) is 4.99 Å². The van der Waals surface area contributed by atoms with Crippen LogP contribution in [0.2, 0.25) is 0 Å². The Morgan fingerprint density at radius 1 is 1.14 bits per heavy atom. The number of alkyl halides is 3. The lowest BCUT2D eigenvalue weighted by atomic mass is 9.61. The molecular weight excluding hydrogens is 481 g/mol. The molecule has 2 spiro atoms. The summed E-state index contributed by atoms with van der Waals surface area (Å²) in [6.45, 7) is 2.81. The lowest BCUT2D eigenvalue weighted by Gasteiger charge is -2.46. The molecule has 2 aromatic rings. The van der Waals surface area contributed by atoms with E-state index in [0.29, 0.717) is 18.1 Å². The fourth-order valence-electron chi connectivity index (χ4n) is 6.67. The van der Waals surface area contributed by atoms with Crippen molar-refractivity contribution in [1.82, 2.24) is 4.90 Å². The highest BCUT2D eigenvalue weighted by molar-refractivity contribution is 6.11. The third-order valence-electron chi connectivity index (χ3n) is 8.22. The van der Waals surface area contributed by atoms with Crippen LogP contribution in [-0.2, 0) is 16.7 Å². The van der Waals surface area contributed by atoms with Crippen molar-refractivity contribution in [2.75, 3.05) is 20.7 Å². The molecule has 1 unspecified atom stereocenters. The minimum Gasteiger partial charge on any atom is -0.406 e. The molecule has 5 rings (SSSR count). The molecule has 1 atom stereocenters. The number of nitrogens with two attached hydrogens (primary N) is 1. The monoisotopic (exact) mass is 514 g/mol. The van der Waals surface area contributed by atoms with Crippen LogP contribution in [0.25, 0.3) is 11.1 Å². The first-order chi connectivity index (χ1) is 17.7. The Kier molecular flexibility index (Phi) is 6.46. The molecule has 2 aromatic carbocycles. The van der Waals surface area contributed by atoms with Gasteiger partial charge in [0.2, 0.25) is 0 Å². The molecule has 2 N–H and O–H groups in total. The molecule has 2 aliphatic carbocycles. The second-order valence-electron chi connectivity index (χ2n) is 10.2. The molecule has 1 heterocycles. The van der Waals surface area contributed by atoms with Crippen LogP contribution >= 0.6 is 0 Å². The maximum Gasteiger partial charge on any atom is 0.573 e. The zero-order valence-electron chi connectivity index (χ0n) is 21.4. The first-order valence-electron chi connectivity index (χ1n) is 12.8. The Balaban J connectivity index is 1.64. The quantitative estimate of drug-likeness (QED) is 0.560. The van der Waals surface area contributed by atoms with Gasteiger partial charge in [0.25, 0.3) is 0 Å². The summed E-state index contributed by atoms with van der Waals surface area (Å²) in [5.41, 5.74) is 9.26. The Morgan fingerprint density at radius 3 is 2.51 bits per heavy atom. The van der Waals surface area contributed by atoms with E-state index in [1.807, 2.05) is 11.0 Å². The average molecular weight is 515 g/mol. The summed E-state index contributed by atoms with van der Waals surface area (Å²) < 4.78 is 48.4. The lowest BCUT2D eigenvalue weighted by molar-refractivity contribution is -0.274. The van der Waals surface area contributed by atoms with Crippen molar-refractivity contribution in [3.8, 4) is 16.9 Å². The molecule has 6 nitrogen and oxygen atoms in total. The molecule has 0 saturated heterocycles. The topological polar surface area (TPSA) is 72.4 Å². The molecule has 37 heavy (non-hydrogen) atoms. The molecule has 198 valence electrons. The van der Waals surface area contributed by atoms with Crippen molar-refractivity contribution in [3.63, 3.8) is 0 Å². The second-order valence-corrected chi connectivity index (χ2v) is 10.2. The number of hydrogen-bond donors (Lipinski definition) is 1. The Labute approximate surface area is 215 Å². The number of amidine groups is 1. The zero-order chi connectivity index (χ0) is 26.4. The Morgan fingerprint density at radius 2 is 1.86 bits per heavy atom. The van der Waals surface area contributed by atoms with Crippen molar-refractivity contribution < 1.29 is 22.6 Å². The highest BCUT2D eigenvalue weighted by Gasteiger charge is 2.65. The van der Waals surface area contributed by atoms with Gasteiger partial charge in [-0.05, 0) is 79.0 Å². The lowest BCUT2D eigenvalue weighted by Crippen LogP contribution is -2.52. The van der Waals surface area contributed by atoms with E-state index in [9.17, 15) is 13.2 Å². The van der Waals surface area contributed by atoms with Crippen LogP contribution in [-0.4, -0.2) is 49.9 Å². The first-order valence-corrected chi connectivity index (χ1v) is 12.8. The van der Waals surface area contributed by atoms with E-state index in [-0.39, 0.29) is 17.3 Å². The molecule has 1 saturated carbocycles. The van der Waals surface area contributed by atoms with Gasteiger partial charge in [0.05, 0.1) is 6.10 Å². The normalized spacial score (nSPS) is 28.3. The van der Waals surface area contributed by atoms with E-state index in [1.54, 1.807) is 26.3 Å². The van der Waals surface area contributed by atoms with Gasteiger partial charge in [0.15, 0.2) is 11.5 Å². The number of benzene rings is 2. The van der Waals surface area contributed by atoms with E-state index in [2.05, 4.69) is 23.8 Å². The van der Waals surface area contributed by atoms with Gasteiger partial charge in [-0.1, -0.05) is 31.2 Å². The van der Waals surface area contributed by atoms with Crippen LogP contribution in [0.1, 0.15) is 50.2 Å². The Hall–Kier alpha value is -3.07. The standard InChI is InChI=1S/C28H33F3N4O2/c1-4-14-35-24(33-2)27(34-25(35)32)23-16-19(18-6-5-7-22(15-18)37-28(29,30)31)8-9-20(23)17-26(27)12-10-21(36-3)11-13-26/h5-9,15-16,21H,4,10-14,17H2,1-3H3,(H2,32,34). The summed E-state index contributed by atoms with van der Waals surface area (Å²) >= 11 is 0. The minimum atomic E-state index is -4.75. The third-order valence-corrected chi connectivity index (χ3v) is 8.22. The van der Waals surface area contributed by atoms with Gasteiger partial charge >= 0.3 is 6.36 Å². The number of nitrogens with zero attached hydrogens (tertiary/aromatic N) is 3. The van der Waals surface area contributed by atoms with Crippen molar-refractivity contribution in [1.29, 1.82) is 0 Å². The first kappa shape index (κ1) is 25.6. The second kappa shape index (κ2) is 9.35. The molecule has 1 aliphatic heterocycles. The Bertz CT molecular complexity index is 1230. The fourth-order valence-corrected chi connectivity index (χ4v) is 6.67. The maximum atomic E-state index is 12.9. The van der Waals surface area contributed by atoms with Gasteiger partial charge in [0.1, 0.15) is 11.6 Å². The summed E-state index contributed by atoms with van der Waals surface area (Å²) in [5.74, 6) is 1.07. The number of halogens is 3. The number of aliphatic imine (C=N–C) groups is 2. The number of guanidine groups is 1. The van der Waals surface area contributed by atoms with E-state index < -0.39 is 11.9 Å². The predicted molar refractivity (Wildman–Crippen MR) is 138 cm³/mol. The number of hydrogen-bond acceptors (Lipinski definition) is 5. The predicted octanol–water partition coefficient (Wildman–Crippen LogP) is 5.65. The summed E-state index contributed by atoms with van der Waals surface area (Å²) in [6, 6.07) is 12.2. The molecule has 9 heteroatoms. The molecule has 3 aliphatic rings. The maximum absolute atomic E-state index is 12.9. The van der Waals surface area contributed by atoms with Crippen LogP contribution in [0.15, 0.2) is 52.4 Å². The van der Waals surface area contributed by atoms with E-state index in [1.165, 1.54) is 17.7 Å². The minimum absolute atomic E-state index is 0.202. The fraction of sp³-hybridized carbons (Fsp3) is 0.500. The summed E-state index contributed by atoms with van der Waals surface area (Å²) in [4.78, 5) is 12.0. The summed E-state index contributed by atoms with van der Waals surface area (Å²) in [7, 11) is 3.56. The van der Waals surface area contributed by atoms with Crippen molar-refractivity contribution in [3.05, 3.63) is 53.6 Å². The van der Waals surface area contributed by atoms with Gasteiger partial charge in [-0.2, -0.15) is 0 Å². The summed E-state index contributed by atoms with van der Waals surface area (Å²) in [5, 5.41) is 0. The third kappa shape index (κ3) is 4.17. The van der Waals surface area contributed by atoms with Crippen molar-refractivity contribution in [2.45, 2.75) is 63.5 Å². The summed E-state index contributed by atoms with van der Waals surface area (Å²) in [6.07, 6.45) is 0.885. The molecule has 0 bridgehead atoms. The van der Waals surface area contributed by atoms with Crippen LogP contribution in [0, 0.1) is 5.41 Å². The molecule has 0 aromatic heterocycles. The van der Waals surface area contributed by atoms with Gasteiger partial charge < -0.3 is 15.2 Å². The number of ether oxygens (including phenoxy) is 2. The van der Waals surface area contributed by atoms with Crippen molar-refractivity contribution in [2.24, 2.45) is 21.1 Å². The highest BCUT2D eigenvalue weighted by Crippen LogP contribution is 2.62. The van der Waals surface area contributed by atoms with Crippen LogP contribution in [0.4, 0.5) is 13.2 Å². The van der Waals surface area contributed by atoms with Crippen LogP contribution in [0.3, 0.4) is 0 Å². The average Bonchev–Trinajstić information content (AvgIpc) is 3.29. The molecule has 1 fully saturated rings. The number of fused-ring (bicyclic) bond motifs is 3. The molecule has 0 amide bonds. The van der Waals surface area contributed by atoms with Gasteiger partial charge in [0, 0.05) is 26.1 Å². The zero-order valence-corrected chi connectivity index (χ0v) is 21.4. The SMILES string of the molecule is CCCN1C(N)=NC2(C1=NC)c1cc(-c3cccc(OC(F)(F)F)c3)ccc1CC21CCC(OC)CC1. The molecule has 0 radical (unpaired) electrons.